The Balaban J connectivity index is 1.77. The number of hydrogen-bond acceptors (Lipinski definition) is 1. The fourth-order valence-electron chi connectivity index (χ4n) is 3.25. The van der Waals surface area contributed by atoms with Gasteiger partial charge in [0, 0.05) is 12.1 Å². The largest absolute Gasteiger partial charge is 0.416 e. The van der Waals surface area contributed by atoms with E-state index in [4.69, 9.17) is 0 Å². The molecule has 0 aliphatic rings. The minimum Gasteiger partial charge on any atom is -0.352 e. The summed E-state index contributed by atoms with van der Waals surface area (Å²) in [7, 11) is 0. The molecule has 0 aliphatic carbocycles. The first-order chi connectivity index (χ1) is 14.9. The zero-order valence-electron chi connectivity index (χ0n) is 16.9. The monoisotopic (exact) mass is 451 g/mol. The molecule has 0 spiro atoms. The van der Waals surface area contributed by atoms with Gasteiger partial charge in [-0.2, -0.15) is 26.3 Å². The van der Waals surface area contributed by atoms with E-state index in [9.17, 15) is 31.1 Å². The summed E-state index contributed by atoms with van der Waals surface area (Å²) >= 11 is 0. The lowest BCUT2D eigenvalue weighted by atomic mass is 9.98. The predicted octanol–water partition coefficient (Wildman–Crippen LogP) is 6.67. The predicted molar refractivity (Wildman–Crippen MR) is 109 cm³/mol. The zero-order chi connectivity index (χ0) is 23.5. The van der Waals surface area contributed by atoms with Crippen molar-refractivity contribution in [2.75, 3.05) is 6.54 Å². The van der Waals surface area contributed by atoms with Gasteiger partial charge in [0.1, 0.15) is 0 Å². The Kier molecular flexibility index (Phi) is 6.62. The summed E-state index contributed by atoms with van der Waals surface area (Å²) in [5, 5.41) is 2.58. The van der Waals surface area contributed by atoms with E-state index < -0.39 is 29.4 Å². The van der Waals surface area contributed by atoms with Crippen molar-refractivity contribution >= 4 is 5.91 Å². The highest BCUT2D eigenvalue weighted by Gasteiger charge is 2.36. The average molecular weight is 451 g/mol. The van der Waals surface area contributed by atoms with Crippen LogP contribution in [-0.4, -0.2) is 12.5 Å². The van der Waals surface area contributed by atoms with Gasteiger partial charge >= 0.3 is 12.4 Å². The van der Waals surface area contributed by atoms with Crippen molar-refractivity contribution < 1.29 is 31.1 Å². The van der Waals surface area contributed by atoms with E-state index in [0.717, 1.165) is 11.1 Å². The second-order valence-corrected chi connectivity index (χ2v) is 7.33. The fourth-order valence-corrected chi connectivity index (χ4v) is 3.25. The maximum atomic E-state index is 13.0. The molecule has 0 atom stereocenters. The van der Waals surface area contributed by atoms with Crippen LogP contribution in [0.1, 0.15) is 32.6 Å². The van der Waals surface area contributed by atoms with Crippen LogP contribution in [0.2, 0.25) is 0 Å². The molecule has 2 nitrogen and oxygen atoms in total. The van der Waals surface area contributed by atoms with Gasteiger partial charge in [0.2, 0.25) is 0 Å². The summed E-state index contributed by atoms with van der Waals surface area (Å²) in [4.78, 5) is 12.7. The van der Waals surface area contributed by atoms with Crippen LogP contribution in [0.4, 0.5) is 26.3 Å². The molecule has 1 amide bonds. The number of rotatable bonds is 5. The van der Waals surface area contributed by atoms with Gasteiger partial charge in [-0.15, -0.1) is 0 Å². The highest BCUT2D eigenvalue weighted by Crippen LogP contribution is 2.36. The lowest BCUT2D eigenvalue weighted by Gasteiger charge is -2.15. The van der Waals surface area contributed by atoms with Crippen LogP contribution in [0, 0.1) is 6.92 Å². The highest BCUT2D eigenvalue weighted by atomic mass is 19.4. The third-order valence-electron chi connectivity index (χ3n) is 4.88. The van der Waals surface area contributed by atoms with Crippen molar-refractivity contribution in [2.45, 2.75) is 25.7 Å². The SMILES string of the molecule is Cc1ccc(-c2ccccc2C(=O)NCCc2cc(C(F)(F)F)cc(C(F)(F)F)c2)cc1. The van der Waals surface area contributed by atoms with Gasteiger partial charge in [-0.1, -0.05) is 48.0 Å². The molecular weight excluding hydrogens is 432 g/mol. The first-order valence-electron chi connectivity index (χ1n) is 9.68. The van der Waals surface area contributed by atoms with Gasteiger partial charge in [0.05, 0.1) is 11.1 Å². The van der Waals surface area contributed by atoms with Crippen LogP contribution in [0.3, 0.4) is 0 Å². The van der Waals surface area contributed by atoms with E-state index in [-0.39, 0.29) is 24.6 Å². The van der Waals surface area contributed by atoms with Crippen molar-refractivity contribution in [2.24, 2.45) is 0 Å². The van der Waals surface area contributed by atoms with Gasteiger partial charge in [-0.25, -0.2) is 0 Å². The number of amides is 1. The summed E-state index contributed by atoms with van der Waals surface area (Å²) in [5.74, 6) is -0.468. The van der Waals surface area contributed by atoms with Gasteiger partial charge in [0.25, 0.3) is 5.91 Å². The first-order valence-corrected chi connectivity index (χ1v) is 9.68. The van der Waals surface area contributed by atoms with Crippen LogP contribution in [-0.2, 0) is 18.8 Å². The third kappa shape index (κ3) is 5.69. The molecule has 1 N–H and O–H groups in total. The average Bonchev–Trinajstić information content (AvgIpc) is 2.73. The van der Waals surface area contributed by atoms with Crippen LogP contribution >= 0.6 is 0 Å². The number of carbonyl (C=O) groups excluding carboxylic acids is 1. The normalized spacial score (nSPS) is 12.0. The molecule has 0 saturated heterocycles. The summed E-state index contributed by atoms with van der Waals surface area (Å²) in [6.07, 6.45) is -10.0. The summed E-state index contributed by atoms with van der Waals surface area (Å²) in [5.41, 5.74) is -0.0279. The Labute approximate surface area is 180 Å². The van der Waals surface area contributed by atoms with Crippen molar-refractivity contribution in [3.8, 4) is 11.1 Å². The molecule has 0 saturated carbocycles. The first kappa shape index (κ1) is 23.4. The number of carbonyl (C=O) groups is 1. The van der Waals surface area contributed by atoms with Gasteiger partial charge in [-0.3, -0.25) is 4.79 Å². The molecule has 0 aromatic heterocycles. The van der Waals surface area contributed by atoms with Crippen LogP contribution in [0.25, 0.3) is 11.1 Å². The molecule has 0 fully saturated rings. The van der Waals surface area contributed by atoms with E-state index in [2.05, 4.69) is 5.32 Å². The summed E-state index contributed by atoms with van der Waals surface area (Å²) in [6, 6.07) is 15.8. The lowest BCUT2D eigenvalue weighted by molar-refractivity contribution is -0.143. The Bertz CT molecular complexity index is 1070. The van der Waals surface area contributed by atoms with E-state index in [1.54, 1.807) is 24.3 Å². The highest BCUT2D eigenvalue weighted by molar-refractivity contribution is 6.00. The molecule has 3 aromatic carbocycles. The summed E-state index contributed by atoms with van der Waals surface area (Å²) < 4.78 is 78.0. The standard InChI is InChI=1S/C24H19F6NO/c1-15-6-8-17(9-7-15)20-4-2-3-5-21(20)22(32)31-11-10-16-12-18(23(25,26)27)14-19(13-16)24(28,29)30/h2-9,12-14H,10-11H2,1H3,(H,31,32). The van der Waals surface area contributed by atoms with Crippen LogP contribution in [0.15, 0.2) is 66.7 Å². The Morgan fingerprint density at radius 2 is 1.38 bits per heavy atom. The molecular formula is C24H19F6NO. The number of alkyl halides is 6. The van der Waals surface area contributed by atoms with Crippen molar-refractivity contribution in [1.82, 2.24) is 5.32 Å². The van der Waals surface area contributed by atoms with E-state index >= 15 is 0 Å². The molecule has 3 rings (SSSR count). The number of aryl methyl sites for hydroxylation is 1. The van der Waals surface area contributed by atoms with Gasteiger partial charge in [0.15, 0.2) is 0 Å². The minimum absolute atomic E-state index is 0.0832. The molecule has 32 heavy (non-hydrogen) atoms. The van der Waals surface area contributed by atoms with Gasteiger partial charge < -0.3 is 5.32 Å². The van der Waals surface area contributed by atoms with E-state index in [1.165, 1.54) is 0 Å². The molecule has 0 aliphatic heterocycles. The fraction of sp³-hybridized carbons (Fsp3) is 0.208. The number of benzene rings is 3. The molecule has 0 unspecified atom stereocenters. The lowest BCUT2D eigenvalue weighted by Crippen LogP contribution is -2.26. The Morgan fingerprint density at radius 3 is 1.94 bits per heavy atom. The topological polar surface area (TPSA) is 29.1 Å². The molecule has 0 radical (unpaired) electrons. The van der Waals surface area contributed by atoms with Gasteiger partial charge in [-0.05, 0) is 54.3 Å². The summed E-state index contributed by atoms with van der Waals surface area (Å²) in [6.45, 7) is 1.81. The zero-order valence-corrected chi connectivity index (χ0v) is 16.9. The minimum atomic E-state index is -4.91. The Morgan fingerprint density at radius 1 is 0.812 bits per heavy atom. The second kappa shape index (κ2) is 9.06. The van der Waals surface area contributed by atoms with E-state index in [1.807, 2.05) is 31.2 Å². The molecule has 0 heterocycles. The van der Waals surface area contributed by atoms with Crippen molar-refractivity contribution in [1.29, 1.82) is 0 Å². The third-order valence-corrected chi connectivity index (χ3v) is 4.88. The maximum Gasteiger partial charge on any atom is 0.416 e. The number of halogens is 6. The number of hydrogen-bond donors (Lipinski definition) is 1. The molecule has 8 heteroatoms. The van der Waals surface area contributed by atoms with E-state index in [0.29, 0.717) is 23.3 Å². The van der Waals surface area contributed by atoms with Crippen LogP contribution < -0.4 is 5.32 Å². The molecule has 0 bridgehead atoms. The molecule has 168 valence electrons. The smallest absolute Gasteiger partial charge is 0.352 e. The number of nitrogens with one attached hydrogen (secondary N) is 1. The van der Waals surface area contributed by atoms with Crippen molar-refractivity contribution in [3.63, 3.8) is 0 Å². The Hall–Kier alpha value is -3.29. The van der Waals surface area contributed by atoms with Crippen LogP contribution in [0.5, 0.6) is 0 Å². The second-order valence-electron chi connectivity index (χ2n) is 7.33. The maximum absolute atomic E-state index is 13.0. The van der Waals surface area contributed by atoms with Crippen molar-refractivity contribution in [3.05, 3.63) is 94.5 Å². The molecule has 3 aromatic rings. The quantitative estimate of drug-likeness (QED) is 0.431.